The second-order valence-electron chi connectivity index (χ2n) is 5.63. The van der Waals surface area contributed by atoms with E-state index in [2.05, 4.69) is 10.2 Å². The summed E-state index contributed by atoms with van der Waals surface area (Å²) in [4.78, 5) is 14.0. The van der Waals surface area contributed by atoms with E-state index >= 15 is 0 Å². The molecule has 1 atom stereocenters. The van der Waals surface area contributed by atoms with Gasteiger partial charge >= 0.3 is 0 Å². The monoisotopic (exact) mass is 248 g/mol. The molecule has 0 aliphatic carbocycles. The summed E-state index contributed by atoms with van der Waals surface area (Å²) < 4.78 is 5.11. The van der Waals surface area contributed by atoms with Crippen molar-refractivity contribution < 1.29 is 9.21 Å². The van der Waals surface area contributed by atoms with Crippen LogP contribution in [0.3, 0.4) is 0 Å². The van der Waals surface area contributed by atoms with Gasteiger partial charge in [-0.2, -0.15) is 0 Å². The van der Waals surface area contributed by atoms with Gasteiger partial charge in [-0.3, -0.25) is 9.69 Å². The van der Waals surface area contributed by atoms with Gasteiger partial charge in [-0.1, -0.05) is 0 Å². The molecule has 3 heterocycles. The molecule has 0 aromatic carbocycles. The van der Waals surface area contributed by atoms with Crippen LogP contribution in [0.4, 0.5) is 0 Å². The molecular formula is C14H20N2O2. The lowest BCUT2D eigenvalue weighted by Crippen LogP contribution is -2.60. The third kappa shape index (κ3) is 2.43. The molecule has 1 N–H and O–H groups in total. The van der Waals surface area contributed by atoms with Crippen molar-refractivity contribution in [2.24, 2.45) is 0 Å². The number of rotatable bonds is 2. The van der Waals surface area contributed by atoms with Gasteiger partial charge in [0, 0.05) is 25.1 Å². The van der Waals surface area contributed by atoms with Gasteiger partial charge in [0.25, 0.3) is 0 Å². The van der Waals surface area contributed by atoms with Gasteiger partial charge in [-0.25, -0.2) is 0 Å². The maximum Gasteiger partial charge on any atom is 0.220 e. The average Bonchev–Trinajstić information content (AvgIpc) is 2.81. The minimum atomic E-state index is 0.0390. The fourth-order valence-electron chi connectivity index (χ4n) is 3.32. The van der Waals surface area contributed by atoms with Crippen molar-refractivity contribution in [3.63, 3.8) is 0 Å². The highest BCUT2D eigenvalue weighted by Crippen LogP contribution is 2.30. The van der Waals surface area contributed by atoms with Crippen LogP contribution < -0.4 is 5.32 Å². The van der Waals surface area contributed by atoms with Gasteiger partial charge in [0.1, 0.15) is 0 Å². The van der Waals surface area contributed by atoms with E-state index < -0.39 is 0 Å². The van der Waals surface area contributed by atoms with Crippen molar-refractivity contribution in [2.75, 3.05) is 13.1 Å². The summed E-state index contributed by atoms with van der Waals surface area (Å²) in [6, 6.07) is 2.01. The van der Waals surface area contributed by atoms with E-state index in [0.29, 0.717) is 6.42 Å². The molecule has 3 rings (SSSR count). The molecule has 2 saturated heterocycles. The summed E-state index contributed by atoms with van der Waals surface area (Å²) in [5, 5.41) is 3.24. The summed E-state index contributed by atoms with van der Waals surface area (Å²) in [6.45, 7) is 3.01. The van der Waals surface area contributed by atoms with Crippen LogP contribution >= 0.6 is 0 Å². The Hall–Kier alpha value is -1.29. The highest BCUT2D eigenvalue weighted by Gasteiger charge is 2.38. The van der Waals surface area contributed by atoms with Crippen molar-refractivity contribution in [2.45, 2.75) is 44.2 Å². The quantitative estimate of drug-likeness (QED) is 0.869. The lowest BCUT2D eigenvalue weighted by molar-refractivity contribution is -0.126. The Morgan fingerprint density at radius 2 is 2.28 bits per heavy atom. The summed E-state index contributed by atoms with van der Waals surface area (Å²) in [5.41, 5.74) is 1.26. The lowest BCUT2D eigenvalue weighted by Gasteiger charge is -2.45. The number of furan rings is 1. The zero-order valence-corrected chi connectivity index (χ0v) is 10.7. The molecule has 98 valence electrons. The molecular weight excluding hydrogens is 228 g/mol. The third-order valence-corrected chi connectivity index (χ3v) is 4.11. The maximum atomic E-state index is 11.6. The van der Waals surface area contributed by atoms with Gasteiger partial charge in [0.2, 0.25) is 5.91 Å². The SMILES string of the molecule is O=C1CCCC2(CCCN(Cc3ccoc3)C2)N1. The number of nitrogens with zero attached hydrogens (tertiary/aromatic N) is 1. The molecule has 0 radical (unpaired) electrons. The van der Waals surface area contributed by atoms with Crippen molar-refractivity contribution >= 4 is 5.91 Å². The van der Waals surface area contributed by atoms with Crippen molar-refractivity contribution in [3.8, 4) is 0 Å². The number of piperidine rings is 2. The first kappa shape index (κ1) is 11.8. The standard InChI is InChI=1S/C14H20N2O2/c17-13-3-1-5-14(15-13)6-2-7-16(11-14)9-12-4-8-18-10-12/h4,8,10H,1-3,5-7,9,11H2,(H,15,17). The van der Waals surface area contributed by atoms with E-state index in [-0.39, 0.29) is 11.4 Å². The summed E-state index contributed by atoms with van der Waals surface area (Å²) in [5.74, 6) is 0.228. The number of likely N-dealkylation sites (tertiary alicyclic amines) is 1. The second kappa shape index (κ2) is 4.76. The highest BCUT2D eigenvalue weighted by atomic mass is 16.3. The largest absolute Gasteiger partial charge is 0.472 e. The Kier molecular flexibility index (Phi) is 3.12. The normalized spacial score (nSPS) is 29.4. The zero-order chi connectivity index (χ0) is 12.4. The molecule has 1 spiro atoms. The summed E-state index contributed by atoms with van der Waals surface area (Å²) in [6.07, 6.45) is 8.67. The minimum absolute atomic E-state index is 0.0390. The molecule has 1 unspecified atom stereocenters. The van der Waals surface area contributed by atoms with Crippen molar-refractivity contribution in [3.05, 3.63) is 24.2 Å². The number of nitrogens with one attached hydrogen (secondary N) is 1. The highest BCUT2D eigenvalue weighted by molar-refractivity contribution is 5.77. The molecule has 18 heavy (non-hydrogen) atoms. The first-order chi connectivity index (χ1) is 8.76. The Morgan fingerprint density at radius 1 is 1.39 bits per heavy atom. The predicted molar refractivity (Wildman–Crippen MR) is 67.9 cm³/mol. The number of carbonyl (C=O) groups is 1. The maximum absolute atomic E-state index is 11.6. The Bertz CT molecular complexity index is 411. The van der Waals surface area contributed by atoms with Gasteiger partial charge < -0.3 is 9.73 Å². The molecule has 2 aliphatic heterocycles. The van der Waals surface area contributed by atoms with Crippen molar-refractivity contribution in [1.29, 1.82) is 0 Å². The van der Waals surface area contributed by atoms with E-state index in [0.717, 1.165) is 45.3 Å². The van der Waals surface area contributed by atoms with E-state index in [9.17, 15) is 4.79 Å². The third-order valence-electron chi connectivity index (χ3n) is 4.11. The Morgan fingerprint density at radius 3 is 3.06 bits per heavy atom. The minimum Gasteiger partial charge on any atom is -0.472 e. The Labute approximate surface area is 107 Å². The number of amides is 1. The van der Waals surface area contributed by atoms with Crippen LogP contribution in [-0.2, 0) is 11.3 Å². The summed E-state index contributed by atoms with van der Waals surface area (Å²) >= 11 is 0. The smallest absolute Gasteiger partial charge is 0.220 e. The van der Waals surface area contributed by atoms with E-state index in [1.54, 1.807) is 12.5 Å². The number of hydrogen-bond acceptors (Lipinski definition) is 3. The van der Waals surface area contributed by atoms with Crippen LogP contribution in [0, 0.1) is 0 Å². The van der Waals surface area contributed by atoms with Crippen LogP contribution in [0.15, 0.2) is 23.0 Å². The zero-order valence-electron chi connectivity index (χ0n) is 10.7. The topological polar surface area (TPSA) is 45.5 Å². The second-order valence-corrected chi connectivity index (χ2v) is 5.63. The molecule has 1 amide bonds. The van der Waals surface area contributed by atoms with Crippen LogP contribution in [-0.4, -0.2) is 29.4 Å². The van der Waals surface area contributed by atoms with Gasteiger partial charge in [0.15, 0.2) is 0 Å². The van der Waals surface area contributed by atoms with Crippen LogP contribution in [0.2, 0.25) is 0 Å². The van der Waals surface area contributed by atoms with E-state index in [1.165, 1.54) is 5.56 Å². The molecule has 2 aliphatic rings. The number of carbonyl (C=O) groups excluding carboxylic acids is 1. The van der Waals surface area contributed by atoms with Crippen LogP contribution in [0.25, 0.3) is 0 Å². The van der Waals surface area contributed by atoms with Crippen LogP contribution in [0.5, 0.6) is 0 Å². The van der Waals surface area contributed by atoms with Gasteiger partial charge in [-0.05, 0) is 38.3 Å². The Balaban J connectivity index is 1.66. The van der Waals surface area contributed by atoms with Gasteiger partial charge in [0.05, 0.1) is 18.1 Å². The predicted octanol–water partition coefficient (Wildman–Crippen LogP) is 1.91. The molecule has 2 fully saturated rings. The average molecular weight is 248 g/mol. The van der Waals surface area contributed by atoms with E-state index in [4.69, 9.17) is 4.42 Å². The summed E-state index contributed by atoms with van der Waals surface area (Å²) in [7, 11) is 0. The van der Waals surface area contributed by atoms with Crippen molar-refractivity contribution in [1.82, 2.24) is 10.2 Å². The molecule has 0 saturated carbocycles. The van der Waals surface area contributed by atoms with Gasteiger partial charge in [-0.15, -0.1) is 0 Å². The lowest BCUT2D eigenvalue weighted by atomic mass is 9.81. The molecule has 0 bridgehead atoms. The molecule has 4 heteroatoms. The molecule has 1 aromatic heterocycles. The fraction of sp³-hybridized carbons (Fsp3) is 0.643. The first-order valence-electron chi connectivity index (χ1n) is 6.80. The molecule has 4 nitrogen and oxygen atoms in total. The first-order valence-corrected chi connectivity index (χ1v) is 6.80. The fourth-order valence-corrected chi connectivity index (χ4v) is 3.32. The van der Waals surface area contributed by atoms with E-state index in [1.807, 2.05) is 6.07 Å². The van der Waals surface area contributed by atoms with Crippen LogP contribution in [0.1, 0.15) is 37.7 Å². The number of hydrogen-bond donors (Lipinski definition) is 1. The molecule has 1 aromatic rings.